The summed E-state index contributed by atoms with van der Waals surface area (Å²) in [6, 6.07) is 14.2. The van der Waals surface area contributed by atoms with Gasteiger partial charge < -0.3 is 15.2 Å². The number of aromatic hydroxyl groups is 1. The van der Waals surface area contributed by atoms with Crippen LogP contribution in [-0.2, 0) is 16.1 Å². The Bertz CT molecular complexity index is 874. The molecule has 3 aromatic rings. The van der Waals surface area contributed by atoms with Crippen molar-refractivity contribution in [1.82, 2.24) is 5.32 Å². The highest BCUT2D eigenvalue weighted by Gasteiger charge is 2.16. The van der Waals surface area contributed by atoms with E-state index in [1.165, 1.54) is 17.4 Å². The van der Waals surface area contributed by atoms with Gasteiger partial charge in [0.05, 0.1) is 6.54 Å². The molecule has 0 fully saturated rings. The highest BCUT2D eigenvalue weighted by atomic mass is 32.1. The first-order valence-electron chi connectivity index (χ1n) is 7.32. The predicted octanol–water partition coefficient (Wildman–Crippen LogP) is 3.08. The van der Waals surface area contributed by atoms with Gasteiger partial charge in [0.25, 0.3) is 5.91 Å². The number of ether oxygens (including phenoxy) is 1. The summed E-state index contributed by atoms with van der Waals surface area (Å²) in [6.45, 7) is 0.00570. The maximum absolute atomic E-state index is 12.1. The van der Waals surface area contributed by atoms with Gasteiger partial charge in [0.15, 0.2) is 6.61 Å². The average molecular weight is 341 g/mol. The second kappa shape index (κ2) is 7.14. The summed E-state index contributed by atoms with van der Waals surface area (Å²) in [5.41, 5.74) is 0.0414. The van der Waals surface area contributed by atoms with Crippen LogP contribution in [0, 0.1) is 0 Å². The Hall–Kier alpha value is -2.86. The number of amides is 1. The molecular weight excluding hydrogens is 326 g/mol. The van der Waals surface area contributed by atoms with Crippen molar-refractivity contribution in [3.63, 3.8) is 0 Å². The van der Waals surface area contributed by atoms with Gasteiger partial charge in [-0.1, -0.05) is 36.4 Å². The molecule has 2 aromatic carbocycles. The van der Waals surface area contributed by atoms with Crippen molar-refractivity contribution in [3.8, 4) is 5.75 Å². The van der Waals surface area contributed by atoms with Crippen LogP contribution in [0.2, 0.25) is 0 Å². The van der Waals surface area contributed by atoms with E-state index in [1.54, 1.807) is 18.2 Å². The quantitative estimate of drug-likeness (QED) is 0.699. The zero-order valence-electron chi connectivity index (χ0n) is 12.7. The zero-order valence-corrected chi connectivity index (χ0v) is 13.5. The SMILES string of the molecule is O=C(COC(=O)c1ccc2ccccc2c1O)NCc1cccs1. The highest BCUT2D eigenvalue weighted by molar-refractivity contribution is 7.09. The number of hydrogen-bond donors (Lipinski definition) is 2. The molecule has 2 N–H and O–H groups in total. The predicted molar refractivity (Wildman–Crippen MR) is 92.1 cm³/mol. The summed E-state index contributed by atoms with van der Waals surface area (Å²) in [4.78, 5) is 24.8. The largest absolute Gasteiger partial charge is 0.506 e. The van der Waals surface area contributed by atoms with Crippen LogP contribution in [0.3, 0.4) is 0 Å². The molecule has 0 bridgehead atoms. The van der Waals surface area contributed by atoms with Crippen LogP contribution in [0.5, 0.6) is 5.75 Å². The number of phenols is 1. The Kier molecular flexibility index (Phi) is 4.77. The molecule has 0 saturated heterocycles. The number of benzene rings is 2. The second-order valence-electron chi connectivity index (χ2n) is 5.12. The van der Waals surface area contributed by atoms with Gasteiger partial charge in [0.1, 0.15) is 11.3 Å². The van der Waals surface area contributed by atoms with Crippen LogP contribution in [-0.4, -0.2) is 23.6 Å². The molecule has 0 saturated carbocycles. The Morgan fingerprint density at radius 3 is 2.71 bits per heavy atom. The van der Waals surface area contributed by atoms with Gasteiger partial charge in [-0.3, -0.25) is 4.79 Å². The molecule has 0 radical (unpaired) electrons. The van der Waals surface area contributed by atoms with Crippen molar-refractivity contribution in [3.05, 3.63) is 64.4 Å². The van der Waals surface area contributed by atoms with Crippen LogP contribution in [0.15, 0.2) is 53.9 Å². The maximum atomic E-state index is 12.1. The van der Waals surface area contributed by atoms with Crippen molar-refractivity contribution in [2.45, 2.75) is 6.54 Å². The lowest BCUT2D eigenvalue weighted by molar-refractivity contribution is -0.124. The van der Waals surface area contributed by atoms with Crippen molar-refractivity contribution < 1.29 is 19.4 Å². The number of nitrogens with one attached hydrogen (secondary N) is 1. The molecule has 6 heteroatoms. The van der Waals surface area contributed by atoms with Crippen LogP contribution < -0.4 is 5.32 Å². The summed E-state index contributed by atoms with van der Waals surface area (Å²) in [7, 11) is 0. The van der Waals surface area contributed by atoms with Crippen LogP contribution >= 0.6 is 11.3 Å². The molecule has 0 unspecified atom stereocenters. The number of hydrogen-bond acceptors (Lipinski definition) is 5. The maximum Gasteiger partial charge on any atom is 0.342 e. The van der Waals surface area contributed by atoms with Crippen molar-refractivity contribution >= 4 is 34.0 Å². The first kappa shape index (κ1) is 16.0. The lowest BCUT2D eigenvalue weighted by atomic mass is 10.1. The number of rotatable bonds is 5. The molecular formula is C18H15NO4S. The molecule has 5 nitrogen and oxygen atoms in total. The normalized spacial score (nSPS) is 10.5. The molecule has 122 valence electrons. The summed E-state index contributed by atoms with van der Waals surface area (Å²) >= 11 is 1.53. The van der Waals surface area contributed by atoms with Gasteiger partial charge in [-0.2, -0.15) is 0 Å². The van der Waals surface area contributed by atoms with E-state index in [0.29, 0.717) is 11.9 Å². The van der Waals surface area contributed by atoms with E-state index in [2.05, 4.69) is 5.32 Å². The van der Waals surface area contributed by atoms with Crippen LogP contribution in [0.1, 0.15) is 15.2 Å². The van der Waals surface area contributed by atoms with E-state index in [9.17, 15) is 14.7 Å². The zero-order chi connectivity index (χ0) is 16.9. The topological polar surface area (TPSA) is 75.6 Å². The first-order chi connectivity index (χ1) is 11.6. The van der Waals surface area contributed by atoms with Crippen LogP contribution in [0.4, 0.5) is 0 Å². The third-order valence-electron chi connectivity index (χ3n) is 3.49. The van der Waals surface area contributed by atoms with Gasteiger partial charge in [-0.25, -0.2) is 4.79 Å². The minimum atomic E-state index is -0.732. The van der Waals surface area contributed by atoms with Gasteiger partial charge >= 0.3 is 5.97 Å². The number of esters is 1. The smallest absolute Gasteiger partial charge is 0.342 e. The highest BCUT2D eigenvalue weighted by Crippen LogP contribution is 2.28. The fraction of sp³-hybridized carbons (Fsp3) is 0.111. The average Bonchev–Trinajstić information content (AvgIpc) is 3.12. The third-order valence-corrected chi connectivity index (χ3v) is 4.37. The molecule has 0 spiro atoms. The van der Waals surface area contributed by atoms with Crippen molar-refractivity contribution in [1.29, 1.82) is 0 Å². The molecule has 0 aliphatic rings. The van der Waals surface area contributed by atoms with E-state index < -0.39 is 18.5 Å². The van der Waals surface area contributed by atoms with Gasteiger partial charge in [0, 0.05) is 10.3 Å². The summed E-state index contributed by atoms with van der Waals surface area (Å²) in [5, 5.41) is 16.2. The Labute approximate surface area is 142 Å². The van der Waals surface area contributed by atoms with Crippen LogP contribution in [0.25, 0.3) is 10.8 Å². The fourth-order valence-corrected chi connectivity index (χ4v) is 2.92. The Balaban J connectivity index is 1.60. The molecule has 1 heterocycles. The molecule has 1 amide bonds. The van der Waals surface area contributed by atoms with E-state index in [-0.39, 0.29) is 11.3 Å². The summed E-state index contributed by atoms with van der Waals surface area (Å²) in [6.07, 6.45) is 0. The van der Waals surface area contributed by atoms with E-state index in [4.69, 9.17) is 4.74 Å². The number of fused-ring (bicyclic) bond motifs is 1. The second-order valence-corrected chi connectivity index (χ2v) is 6.15. The molecule has 24 heavy (non-hydrogen) atoms. The van der Waals surface area contributed by atoms with Gasteiger partial charge in [-0.05, 0) is 22.9 Å². The number of carbonyl (C=O) groups is 2. The van der Waals surface area contributed by atoms with Gasteiger partial charge in [-0.15, -0.1) is 11.3 Å². The number of carbonyl (C=O) groups excluding carboxylic acids is 2. The number of thiophene rings is 1. The molecule has 1 aromatic heterocycles. The van der Waals surface area contributed by atoms with Crippen molar-refractivity contribution in [2.24, 2.45) is 0 Å². The minimum Gasteiger partial charge on any atom is -0.506 e. The first-order valence-corrected chi connectivity index (χ1v) is 8.20. The minimum absolute atomic E-state index is 0.0414. The van der Waals surface area contributed by atoms with E-state index in [0.717, 1.165) is 10.3 Å². The summed E-state index contributed by atoms with van der Waals surface area (Å²) < 4.78 is 4.98. The monoisotopic (exact) mass is 341 g/mol. The van der Waals surface area contributed by atoms with E-state index >= 15 is 0 Å². The summed E-state index contributed by atoms with van der Waals surface area (Å²) in [5.74, 6) is -1.27. The lowest BCUT2D eigenvalue weighted by Gasteiger charge is -2.08. The molecule has 3 rings (SSSR count). The third kappa shape index (κ3) is 3.55. The van der Waals surface area contributed by atoms with Crippen molar-refractivity contribution in [2.75, 3.05) is 6.61 Å². The standard InChI is InChI=1S/C18H15NO4S/c20-16(19-10-13-5-3-9-24-13)11-23-18(22)15-8-7-12-4-1-2-6-14(12)17(15)21/h1-9,21H,10-11H2,(H,19,20). The fourth-order valence-electron chi connectivity index (χ4n) is 2.28. The van der Waals surface area contributed by atoms with E-state index in [1.807, 2.05) is 29.6 Å². The lowest BCUT2D eigenvalue weighted by Crippen LogP contribution is -2.28. The number of phenolic OH excluding ortho intramolecular Hbond substituents is 1. The Morgan fingerprint density at radius 1 is 1.08 bits per heavy atom. The Morgan fingerprint density at radius 2 is 1.92 bits per heavy atom. The molecule has 0 aliphatic carbocycles. The van der Waals surface area contributed by atoms with Gasteiger partial charge in [0.2, 0.25) is 0 Å². The molecule has 0 atom stereocenters. The molecule has 0 aliphatic heterocycles.